The van der Waals surface area contributed by atoms with Crippen LogP contribution in [-0.2, 0) is 0 Å². The Balaban J connectivity index is 3.50. The Bertz CT molecular complexity index is 101. The number of hydrogen-bond donors (Lipinski definition) is 0. The van der Waals surface area contributed by atoms with Crippen molar-refractivity contribution in [1.82, 2.24) is 0 Å². The van der Waals surface area contributed by atoms with E-state index >= 15 is 0 Å². The first-order valence-electron chi connectivity index (χ1n) is 3.00. The number of rotatable bonds is 3. The Hall–Kier alpha value is -0.600. The summed E-state index contributed by atoms with van der Waals surface area (Å²) in [5, 5.41) is 9.98. The number of nitro groups is 1. The lowest BCUT2D eigenvalue weighted by atomic mass is 10.1. The Labute approximate surface area is 55.2 Å². The van der Waals surface area contributed by atoms with Crippen LogP contribution in [-0.4, -0.2) is 11.0 Å². The van der Waals surface area contributed by atoms with Gasteiger partial charge in [0.05, 0.1) is 0 Å². The van der Waals surface area contributed by atoms with Crippen LogP contribution >= 0.6 is 0 Å². The highest BCUT2D eigenvalue weighted by atomic mass is 16.6. The van der Waals surface area contributed by atoms with Crippen LogP contribution in [0.15, 0.2) is 0 Å². The Morgan fingerprint density at radius 3 is 2.22 bits per heavy atom. The summed E-state index contributed by atoms with van der Waals surface area (Å²) in [6, 6.07) is -0.634. The topological polar surface area (TPSA) is 43.1 Å². The van der Waals surface area contributed by atoms with Crippen LogP contribution in [0.25, 0.3) is 0 Å². The molecule has 1 radical (unpaired) electrons. The highest BCUT2D eigenvalue weighted by molar-refractivity contribution is 4.60. The van der Waals surface area contributed by atoms with Crippen molar-refractivity contribution in [2.45, 2.75) is 26.3 Å². The van der Waals surface area contributed by atoms with Gasteiger partial charge in [-0.1, -0.05) is 13.8 Å². The van der Waals surface area contributed by atoms with E-state index in [1.807, 2.05) is 13.8 Å². The van der Waals surface area contributed by atoms with E-state index in [2.05, 4.69) is 6.92 Å². The van der Waals surface area contributed by atoms with Crippen LogP contribution in [0.1, 0.15) is 20.3 Å². The predicted octanol–water partition coefficient (Wildman–Crippen LogP) is 1.51. The van der Waals surface area contributed by atoms with Crippen LogP contribution in [0, 0.1) is 23.0 Å². The molecule has 0 saturated carbocycles. The van der Waals surface area contributed by atoms with Crippen molar-refractivity contribution in [1.29, 1.82) is 0 Å². The maximum Gasteiger partial charge on any atom is 0.213 e. The molecule has 0 aliphatic heterocycles. The second kappa shape index (κ2) is 3.43. The number of nitrogens with zero attached hydrogens (tertiary/aromatic N) is 1. The smallest absolute Gasteiger partial charge is 0.213 e. The summed E-state index contributed by atoms with van der Waals surface area (Å²) < 4.78 is 0. The summed E-state index contributed by atoms with van der Waals surface area (Å²) in [6.07, 6.45) is 0.562. The SMILES string of the molecule is [CH2]C(CC(C)C)[N+](=O)[O-]. The molecule has 3 nitrogen and oxygen atoms in total. The Morgan fingerprint density at radius 1 is 1.67 bits per heavy atom. The highest BCUT2D eigenvalue weighted by Crippen LogP contribution is 2.05. The van der Waals surface area contributed by atoms with Gasteiger partial charge in [-0.15, -0.1) is 0 Å². The zero-order valence-corrected chi connectivity index (χ0v) is 5.83. The van der Waals surface area contributed by atoms with Crippen LogP contribution in [0.4, 0.5) is 0 Å². The van der Waals surface area contributed by atoms with Crippen molar-refractivity contribution >= 4 is 0 Å². The largest absolute Gasteiger partial charge is 0.264 e. The molecule has 53 valence electrons. The van der Waals surface area contributed by atoms with Gasteiger partial charge in [-0.3, -0.25) is 10.1 Å². The van der Waals surface area contributed by atoms with E-state index in [4.69, 9.17) is 0 Å². The molecule has 9 heavy (non-hydrogen) atoms. The van der Waals surface area contributed by atoms with E-state index in [1.165, 1.54) is 0 Å². The summed E-state index contributed by atoms with van der Waals surface area (Å²) in [5.74, 6) is 0.359. The zero-order chi connectivity index (χ0) is 7.44. The molecule has 0 aromatic heterocycles. The normalized spacial score (nSPS) is 13.8. The van der Waals surface area contributed by atoms with E-state index in [0.717, 1.165) is 0 Å². The molecule has 0 N–H and O–H groups in total. The van der Waals surface area contributed by atoms with Gasteiger partial charge in [-0.05, 0) is 5.92 Å². The molecule has 0 saturated heterocycles. The summed E-state index contributed by atoms with van der Waals surface area (Å²) in [4.78, 5) is 9.63. The Morgan fingerprint density at radius 2 is 2.11 bits per heavy atom. The third-order valence-corrected chi connectivity index (χ3v) is 1.04. The van der Waals surface area contributed by atoms with Gasteiger partial charge in [-0.25, -0.2) is 0 Å². The third-order valence-electron chi connectivity index (χ3n) is 1.04. The van der Waals surface area contributed by atoms with Gasteiger partial charge < -0.3 is 0 Å². The molecule has 0 aromatic carbocycles. The van der Waals surface area contributed by atoms with Crippen molar-refractivity contribution in [2.24, 2.45) is 5.92 Å². The van der Waals surface area contributed by atoms with Gasteiger partial charge in [0, 0.05) is 18.3 Å². The zero-order valence-electron chi connectivity index (χ0n) is 5.83. The van der Waals surface area contributed by atoms with E-state index < -0.39 is 6.04 Å². The van der Waals surface area contributed by atoms with Gasteiger partial charge in [0.1, 0.15) is 0 Å². The molecule has 1 unspecified atom stereocenters. The molecule has 0 bridgehead atoms. The van der Waals surface area contributed by atoms with Gasteiger partial charge in [0.15, 0.2) is 0 Å². The van der Waals surface area contributed by atoms with Crippen LogP contribution < -0.4 is 0 Å². The van der Waals surface area contributed by atoms with Crippen molar-refractivity contribution in [3.05, 3.63) is 17.0 Å². The Kier molecular flexibility index (Phi) is 3.20. The lowest BCUT2D eigenvalue weighted by Gasteiger charge is -2.04. The molecule has 0 heterocycles. The first-order valence-corrected chi connectivity index (χ1v) is 3.00. The minimum Gasteiger partial charge on any atom is -0.264 e. The molecule has 0 aliphatic rings. The first kappa shape index (κ1) is 8.40. The molecule has 0 fully saturated rings. The molecule has 0 spiro atoms. The molecular weight excluding hydrogens is 118 g/mol. The minimum atomic E-state index is -0.634. The minimum absolute atomic E-state index is 0.347. The van der Waals surface area contributed by atoms with Gasteiger partial charge >= 0.3 is 0 Å². The van der Waals surface area contributed by atoms with Gasteiger partial charge in [0.2, 0.25) is 6.04 Å². The quantitative estimate of drug-likeness (QED) is 0.429. The standard InChI is InChI=1S/C6H12NO2/c1-5(2)4-6(3)7(8)9/h5-6H,3-4H2,1-2H3. The summed E-state index contributed by atoms with van der Waals surface area (Å²) in [7, 11) is 0. The summed E-state index contributed by atoms with van der Waals surface area (Å²) in [6.45, 7) is 7.27. The first-order chi connectivity index (χ1) is 4.04. The van der Waals surface area contributed by atoms with E-state index in [1.54, 1.807) is 0 Å². The van der Waals surface area contributed by atoms with Crippen LogP contribution in [0.2, 0.25) is 0 Å². The summed E-state index contributed by atoms with van der Waals surface area (Å²) >= 11 is 0. The molecule has 0 aromatic rings. The lowest BCUT2D eigenvalue weighted by molar-refractivity contribution is -0.512. The second-order valence-electron chi connectivity index (χ2n) is 2.57. The highest BCUT2D eigenvalue weighted by Gasteiger charge is 2.13. The van der Waals surface area contributed by atoms with E-state index in [0.29, 0.717) is 12.3 Å². The van der Waals surface area contributed by atoms with E-state index in [-0.39, 0.29) is 4.92 Å². The van der Waals surface area contributed by atoms with Crippen LogP contribution in [0.3, 0.4) is 0 Å². The fourth-order valence-electron chi connectivity index (χ4n) is 0.630. The molecule has 0 aliphatic carbocycles. The monoisotopic (exact) mass is 130 g/mol. The maximum atomic E-state index is 9.98. The average Bonchev–Trinajstić information content (AvgIpc) is 1.63. The molecule has 0 amide bonds. The second-order valence-corrected chi connectivity index (χ2v) is 2.57. The maximum absolute atomic E-state index is 9.98. The van der Waals surface area contributed by atoms with Gasteiger partial charge in [-0.2, -0.15) is 0 Å². The van der Waals surface area contributed by atoms with Crippen molar-refractivity contribution in [3.8, 4) is 0 Å². The molecule has 3 heteroatoms. The fourth-order valence-corrected chi connectivity index (χ4v) is 0.630. The average molecular weight is 130 g/mol. The van der Waals surface area contributed by atoms with Gasteiger partial charge in [0.25, 0.3) is 0 Å². The lowest BCUT2D eigenvalue weighted by Crippen LogP contribution is -2.17. The molecular formula is C6H12NO2. The molecule has 0 rings (SSSR count). The van der Waals surface area contributed by atoms with E-state index in [9.17, 15) is 10.1 Å². The predicted molar refractivity (Wildman–Crippen MR) is 35.6 cm³/mol. The number of hydrogen-bond acceptors (Lipinski definition) is 2. The fraction of sp³-hybridized carbons (Fsp3) is 0.833. The van der Waals surface area contributed by atoms with Crippen LogP contribution in [0.5, 0.6) is 0 Å². The molecule has 1 atom stereocenters. The summed E-state index contributed by atoms with van der Waals surface area (Å²) in [5.41, 5.74) is 0. The third kappa shape index (κ3) is 3.94. The van der Waals surface area contributed by atoms with Crippen molar-refractivity contribution < 1.29 is 4.92 Å². The van der Waals surface area contributed by atoms with Crippen molar-refractivity contribution in [3.63, 3.8) is 0 Å². The van der Waals surface area contributed by atoms with Crippen molar-refractivity contribution in [2.75, 3.05) is 0 Å².